The van der Waals surface area contributed by atoms with Crippen LogP contribution < -0.4 is 5.32 Å². The fourth-order valence-electron chi connectivity index (χ4n) is 4.73. The van der Waals surface area contributed by atoms with Gasteiger partial charge in [0.25, 0.3) is 0 Å². The number of carbonyl (C=O) groups is 2. The molecule has 2 aliphatic heterocycles. The van der Waals surface area contributed by atoms with Gasteiger partial charge < -0.3 is 15.0 Å². The molecule has 182 valence electrons. The zero-order valence-corrected chi connectivity index (χ0v) is 18.7. The lowest BCUT2D eigenvalue weighted by Crippen LogP contribution is -2.43. The molecule has 1 N–H and O–H groups in total. The second kappa shape index (κ2) is 9.37. The topological polar surface area (TPSA) is 58.6 Å². The van der Waals surface area contributed by atoms with E-state index in [-0.39, 0.29) is 36.0 Å². The molecule has 2 heterocycles. The van der Waals surface area contributed by atoms with Crippen molar-refractivity contribution in [2.75, 3.05) is 13.2 Å². The van der Waals surface area contributed by atoms with E-state index in [1.165, 1.54) is 6.07 Å². The van der Waals surface area contributed by atoms with E-state index in [9.17, 15) is 27.2 Å². The highest BCUT2D eigenvalue weighted by Gasteiger charge is 2.49. The van der Waals surface area contributed by atoms with Crippen LogP contribution in [0.2, 0.25) is 0 Å². The van der Waals surface area contributed by atoms with Gasteiger partial charge in [0.15, 0.2) is 0 Å². The Balaban J connectivity index is 1.59. The van der Waals surface area contributed by atoms with Gasteiger partial charge in [-0.3, -0.25) is 9.59 Å². The molecule has 2 aliphatic rings. The normalized spacial score (nSPS) is 23.9. The Morgan fingerprint density at radius 3 is 2.53 bits per heavy atom. The van der Waals surface area contributed by atoms with Gasteiger partial charge in [0.05, 0.1) is 23.8 Å². The van der Waals surface area contributed by atoms with Crippen molar-refractivity contribution in [1.29, 1.82) is 0 Å². The van der Waals surface area contributed by atoms with Crippen LogP contribution in [0.3, 0.4) is 0 Å². The smallest absolute Gasteiger partial charge is 0.371 e. The second-order valence-electron chi connectivity index (χ2n) is 8.90. The van der Waals surface area contributed by atoms with Gasteiger partial charge in [0.2, 0.25) is 11.8 Å². The lowest BCUT2D eigenvalue weighted by atomic mass is 9.87. The average Bonchev–Trinajstić information content (AvgIpc) is 3.40. The predicted octanol–water partition coefficient (Wildman–Crippen LogP) is 4.66. The van der Waals surface area contributed by atoms with Crippen LogP contribution in [0.1, 0.15) is 54.5 Å². The molecule has 0 aliphatic carbocycles. The maximum Gasteiger partial charge on any atom is 0.416 e. The van der Waals surface area contributed by atoms with Crippen molar-refractivity contribution in [3.8, 4) is 0 Å². The van der Waals surface area contributed by atoms with Crippen molar-refractivity contribution >= 4 is 11.8 Å². The molecule has 3 atom stereocenters. The van der Waals surface area contributed by atoms with E-state index < -0.39 is 36.1 Å². The van der Waals surface area contributed by atoms with Gasteiger partial charge in [-0.2, -0.15) is 13.2 Å². The van der Waals surface area contributed by atoms with E-state index in [0.717, 1.165) is 17.7 Å². The largest absolute Gasteiger partial charge is 0.416 e. The average molecular weight is 478 g/mol. The minimum absolute atomic E-state index is 0.0242. The zero-order chi connectivity index (χ0) is 24.5. The number of carbonyl (C=O) groups excluding carboxylic acids is 2. The van der Waals surface area contributed by atoms with E-state index in [2.05, 4.69) is 5.32 Å². The zero-order valence-electron chi connectivity index (χ0n) is 18.7. The van der Waals surface area contributed by atoms with Crippen molar-refractivity contribution < 1.29 is 31.9 Å². The summed E-state index contributed by atoms with van der Waals surface area (Å²) in [7, 11) is 0. The third-order valence-corrected chi connectivity index (χ3v) is 6.57. The van der Waals surface area contributed by atoms with Crippen LogP contribution in [-0.4, -0.2) is 35.9 Å². The van der Waals surface area contributed by atoms with Crippen LogP contribution in [0, 0.1) is 0 Å². The summed E-state index contributed by atoms with van der Waals surface area (Å²) in [6, 6.07) is 11.6. The summed E-state index contributed by atoms with van der Waals surface area (Å²) in [6.07, 6.45) is -4.02. The molecule has 0 bridgehead atoms. The summed E-state index contributed by atoms with van der Waals surface area (Å²) in [5.41, 5.74) is -1.00. The number of likely N-dealkylation sites (tertiary alicyclic amines) is 1. The summed E-state index contributed by atoms with van der Waals surface area (Å²) in [6.45, 7) is 1.05. The third kappa shape index (κ3) is 4.80. The van der Waals surface area contributed by atoms with Gasteiger partial charge in [0, 0.05) is 19.4 Å². The standard InChI is InChI=1S/C25H26F4N2O3/c1-16(18-10-17(14-26)11-20(12-18)25(27,28)29)34-15-24(19-6-3-2-4-7-19)13-21(23(33)30-24)31-9-5-8-22(31)32/h2-4,6-7,10-12,16,21H,5,8-9,13-15H2,1H3,(H,30,33)/t16-,21+,24-/m1/s1. The maximum absolute atomic E-state index is 13.3. The highest BCUT2D eigenvalue weighted by Crippen LogP contribution is 2.38. The first-order valence-electron chi connectivity index (χ1n) is 11.2. The molecule has 0 aromatic heterocycles. The molecule has 2 amide bonds. The number of amides is 2. The van der Waals surface area contributed by atoms with Gasteiger partial charge in [0.1, 0.15) is 12.7 Å². The highest BCUT2D eigenvalue weighted by molar-refractivity contribution is 5.91. The maximum atomic E-state index is 13.3. The molecule has 2 aromatic rings. The third-order valence-electron chi connectivity index (χ3n) is 6.57. The van der Waals surface area contributed by atoms with Crippen LogP contribution in [0.15, 0.2) is 48.5 Å². The van der Waals surface area contributed by atoms with Crippen LogP contribution in [0.5, 0.6) is 0 Å². The van der Waals surface area contributed by atoms with Gasteiger partial charge in [-0.25, -0.2) is 4.39 Å². The summed E-state index contributed by atoms with van der Waals surface area (Å²) in [5.74, 6) is -0.352. The fraction of sp³-hybridized carbons (Fsp3) is 0.440. The first kappa shape index (κ1) is 24.2. The van der Waals surface area contributed by atoms with Crippen LogP contribution in [0.25, 0.3) is 0 Å². The van der Waals surface area contributed by atoms with Crippen molar-refractivity contribution in [3.05, 3.63) is 70.8 Å². The molecule has 4 rings (SSSR count). The molecular weight excluding hydrogens is 452 g/mol. The van der Waals surface area contributed by atoms with Crippen LogP contribution >= 0.6 is 0 Å². The van der Waals surface area contributed by atoms with E-state index in [1.807, 2.05) is 30.3 Å². The molecule has 34 heavy (non-hydrogen) atoms. The SMILES string of the molecule is C[C@@H](OC[C@@]1(c2ccccc2)C[C@H](N2CCCC2=O)C(=O)N1)c1cc(CF)cc(C(F)(F)F)c1. The number of rotatable bonds is 7. The molecule has 9 heteroatoms. The van der Waals surface area contributed by atoms with Crippen molar-refractivity contribution in [1.82, 2.24) is 10.2 Å². The van der Waals surface area contributed by atoms with Gasteiger partial charge in [-0.05, 0) is 42.2 Å². The molecule has 0 unspecified atom stereocenters. The number of hydrogen-bond donors (Lipinski definition) is 1. The van der Waals surface area contributed by atoms with Crippen molar-refractivity contribution in [2.45, 2.75) is 56.7 Å². The first-order chi connectivity index (χ1) is 16.1. The van der Waals surface area contributed by atoms with Gasteiger partial charge in [-0.1, -0.05) is 36.4 Å². The molecule has 5 nitrogen and oxygen atoms in total. The Morgan fingerprint density at radius 1 is 1.18 bits per heavy atom. The molecule has 2 fully saturated rings. The highest BCUT2D eigenvalue weighted by atomic mass is 19.4. The van der Waals surface area contributed by atoms with Gasteiger partial charge in [-0.15, -0.1) is 0 Å². The molecule has 0 radical (unpaired) electrons. The number of alkyl halides is 4. The molecule has 0 spiro atoms. The molecule has 2 saturated heterocycles. The van der Waals surface area contributed by atoms with E-state index >= 15 is 0 Å². The molecule has 2 aromatic carbocycles. The minimum Gasteiger partial charge on any atom is -0.371 e. The van der Waals surface area contributed by atoms with Crippen LogP contribution in [-0.2, 0) is 32.7 Å². The van der Waals surface area contributed by atoms with E-state index in [0.29, 0.717) is 19.4 Å². The van der Waals surface area contributed by atoms with Crippen molar-refractivity contribution in [2.24, 2.45) is 0 Å². The Morgan fingerprint density at radius 2 is 1.91 bits per heavy atom. The number of nitrogens with one attached hydrogen (secondary N) is 1. The fourth-order valence-corrected chi connectivity index (χ4v) is 4.73. The Labute approximate surface area is 195 Å². The summed E-state index contributed by atoms with van der Waals surface area (Å²) >= 11 is 0. The summed E-state index contributed by atoms with van der Waals surface area (Å²) in [4.78, 5) is 26.8. The molecule has 0 saturated carbocycles. The number of ether oxygens (including phenoxy) is 1. The first-order valence-corrected chi connectivity index (χ1v) is 11.2. The number of nitrogens with zero attached hydrogens (tertiary/aromatic N) is 1. The monoisotopic (exact) mass is 478 g/mol. The van der Waals surface area contributed by atoms with Crippen LogP contribution in [0.4, 0.5) is 17.6 Å². The lowest BCUT2D eigenvalue weighted by Gasteiger charge is -2.32. The van der Waals surface area contributed by atoms with E-state index in [4.69, 9.17) is 4.74 Å². The van der Waals surface area contributed by atoms with Gasteiger partial charge >= 0.3 is 6.18 Å². The Hall–Kier alpha value is -2.94. The summed E-state index contributed by atoms with van der Waals surface area (Å²) in [5, 5.41) is 3.00. The number of hydrogen-bond acceptors (Lipinski definition) is 3. The second-order valence-corrected chi connectivity index (χ2v) is 8.90. The lowest BCUT2D eigenvalue weighted by molar-refractivity contribution is -0.137. The summed E-state index contributed by atoms with van der Waals surface area (Å²) < 4.78 is 59.1. The van der Waals surface area contributed by atoms with E-state index in [1.54, 1.807) is 11.8 Å². The van der Waals surface area contributed by atoms with Crippen molar-refractivity contribution in [3.63, 3.8) is 0 Å². The number of halogens is 4. The molecular formula is C25H26F4N2O3. The Kier molecular flexibility index (Phi) is 6.66. The minimum atomic E-state index is -4.61. The quantitative estimate of drug-likeness (QED) is 0.589. The Bertz CT molecular complexity index is 1060. The predicted molar refractivity (Wildman–Crippen MR) is 116 cm³/mol. The number of benzene rings is 2.